The molecule has 2 aromatic rings. The van der Waals surface area contributed by atoms with Crippen molar-refractivity contribution in [1.82, 2.24) is 0 Å². The molecule has 0 unspecified atom stereocenters. The third kappa shape index (κ3) is 2.49. The predicted octanol–water partition coefficient (Wildman–Crippen LogP) is 3.28. The van der Waals surface area contributed by atoms with Gasteiger partial charge in [0.2, 0.25) is 0 Å². The average molecular weight is 259 g/mol. The zero-order chi connectivity index (χ0) is 13.8. The molecule has 0 saturated heterocycles. The quantitative estimate of drug-likeness (QED) is 0.624. The minimum Gasteiger partial charge on any atom is -0.493 e. The molecule has 0 aromatic heterocycles. The van der Waals surface area contributed by atoms with Crippen molar-refractivity contribution in [3.63, 3.8) is 0 Å². The lowest BCUT2D eigenvalue weighted by atomic mass is 10.0. The fourth-order valence-electron chi connectivity index (χ4n) is 1.87. The van der Waals surface area contributed by atoms with E-state index in [2.05, 4.69) is 0 Å². The van der Waals surface area contributed by atoms with Gasteiger partial charge in [-0.05, 0) is 11.6 Å². The summed E-state index contributed by atoms with van der Waals surface area (Å²) in [6.45, 7) is 0. The van der Waals surface area contributed by atoms with E-state index in [0.29, 0.717) is 17.1 Å². The first-order valence-electron chi connectivity index (χ1n) is 5.63. The highest BCUT2D eigenvalue weighted by molar-refractivity contribution is 5.77. The molecule has 0 radical (unpaired) electrons. The molecule has 5 nitrogen and oxygen atoms in total. The lowest BCUT2D eigenvalue weighted by Crippen LogP contribution is -1.96. The number of nitro groups is 1. The molecule has 0 N–H and O–H groups in total. The van der Waals surface area contributed by atoms with Crippen LogP contribution in [-0.4, -0.2) is 19.1 Å². The summed E-state index contributed by atoms with van der Waals surface area (Å²) in [6, 6.07) is 12.1. The topological polar surface area (TPSA) is 61.6 Å². The molecule has 2 rings (SSSR count). The SMILES string of the molecule is COc1cc(-c2ccccc2)c([N+](=O)[O-])cc1OC. The molecule has 0 fully saturated rings. The third-order valence-electron chi connectivity index (χ3n) is 2.78. The van der Waals surface area contributed by atoms with E-state index in [1.165, 1.54) is 20.3 Å². The van der Waals surface area contributed by atoms with Gasteiger partial charge in [-0.2, -0.15) is 0 Å². The van der Waals surface area contributed by atoms with Crippen LogP contribution in [0, 0.1) is 10.1 Å². The van der Waals surface area contributed by atoms with Crippen molar-refractivity contribution in [1.29, 1.82) is 0 Å². The zero-order valence-electron chi connectivity index (χ0n) is 10.6. The second kappa shape index (κ2) is 5.39. The highest BCUT2D eigenvalue weighted by Crippen LogP contribution is 2.39. The van der Waals surface area contributed by atoms with Crippen molar-refractivity contribution >= 4 is 5.69 Å². The summed E-state index contributed by atoms with van der Waals surface area (Å²) in [5.41, 5.74) is 1.25. The van der Waals surface area contributed by atoms with Crippen LogP contribution in [-0.2, 0) is 0 Å². The van der Waals surface area contributed by atoms with E-state index in [4.69, 9.17) is 9.47 Å². The molecular formula is C14H13NO4. The fraction of sp³-hybridized carbons (Fsp3) is 0.143. The lowest BCUT2D eigenvalue weighted by Gasteiger charge is -2.10. The van der Waals surface area contributed by atoms with E-state index in [0.717, 1.165) is 5.56 Å². The minimum absolute atomic E-state index is 0.0103. The third-order valence-corrected chi connectivity index (χ3v) is 2.78. The second-order valence-corrected chi connectivity index (χ2v) is 3.85. The van der Waals surface area contributed by atoms with E-state index in [9.17, 15) is 10.1 Å². The molecule has 5 heteroatoms. The zero-order valence-corrected chi connectivity index (χ0v) is 10.6. The van der Waals surface area contributed by atoms with Crippen molar-refractivity contribution in [2.24, 2.45) is 0 Å². The molecule has 98 valence electrons. The predicted molar refractivity (Wildman–Crippen MR) is 71.6 cm³/mol. The number of nitro benzene ring substituents is 1. The van der Waals surface area contributed by atoms with Gasteiger partial charge >= 0.3 is 0 Å². The van der Waals surface area contributed by atoms with Crippen LogP contribution in [0.2, 0.25) is 0 Å². The Balaban J connectivity index is 2.68. The van der Waals surface area contributed by atoms with Crippen molar-refractivity contribution in [3.8, 4) is 22.6 Å². The van der Waals surface area contributed by atoms with Gasteiger partial charge in [0.05, 0.1) is 30.8 Å². The summed E-state index contributed by atoms with van der Waals surface area (Å²) in [6.07, 6.45) is 0. The van der Waals surface area contributed by atoms with Gasteiger partial charge < -0.3 is 9.47 Å². The number of nitrogens with zero attached hydrogens (tertiary/aromatic N) is 1. The molecule has 0 bridgehead atoms. The van der Waals surface area contributed by atoms with Gasteiger partial charge in [-0.15, -0.1) is 0 Å². The smallest absolute Gasteiger partial charge is 0.281 e. The van der Waals surface area contributed by atoms with Crippen molar-refractivity contribution in [2.45, 2.75) is 0 Å². The Kier molecular flexibility index (Phi) is 3.66. The van der Waals surface area contributed by atoms with Gasteiger partial charge in [0.25, 0.3) is 5.69 Å². The van der Waals surface area contributed by atoms with E-state index in [1.54, 1.807) is 6.07 Å². The first-order valence-corrected chi connectivity index (χ1v) is 5.63. The maximum Gasteiger partial charge on any atom is 0.281 e. The Morgan fingerprint density at radius 2 is 1.58 bits per heavy atom. The summed E-state index contributed by atoms with van der Waals surface area (Å²) >= 11 is 0. The van der Waals surface area contributed by atoms with E-state index in [1.807, 2.05) is 30.3 Å². The van der Waals surface area contributed by atoms with Crippen LogP contribution in [0.4, 0.5) is 5.69 Å². The highest BCUT2D eigenvalue weighted by atomic mass is 16.6. The molecule has 2 aromatic carbocycles. The number of benzene rings is 2. The van der Waals surface area contributed by atoms with E-state index in [-0.39, 0.29) is 5.69 Å². The van der Waals surface area contributed by atoms with Gasteiger partial charge in [-0.25, -0.2) is 0 Å². The summed E-state index contributed by atoms with van der Waals surface area (Å²) in [4.78, 5) is 10.7. The molecule has 0 aliphatic carbocycles. The minimum atomic E-state index is -0.426. The molecule has 0 aliphatic heterocycles. The first-order chi connectivity index (χ1) is 9.17. The van der Waals surface area contributed by atoms with Crippen LogP contribution < -0.4 is 9.47 Å². The monoisotopic (exact) mass is 259 g/mol. The van der Waals surface area contributed by atoms with Crippen LogP contribution in [0.15, 0.2) is 42.5 Å². The number of hydrogen-bond acceptors (Lipinski definition) is 4. The van der Waals surface area contributed by atoms with Crippen molar-refractivity contribution in [3.05, 3.63) is 52.6 Å². The number of rotatable bonds is 4. The molecule has 0 spiro atoms. The highest BCUT2D eigenvalue weighted by Gasteiger charge is 2.20. The van der Waals surface area contributed by atoms with Crippen LogP contribution in [0.25, 0.3) is 11.1 Å². The molecule has 0 atom stereocenters. The van der Waals surface area contributed by atoms with Crippen molar-refractivity contribution in [2.75, 3.05) is 14.2 Å². The number of hydrogen-bond donors (Lipinski definition) is 0. The summed E-state index contributed by atoms with van der Waals surface area (Å²) in [7, 11) is 2.95. The summed E-state index contributed by atoms with van der Waals surface area (Å²) in [5.74, 6) is 0.806. The Morgan fingerprint density at radius 3 is 2.11 bits per heavy atom. The molecule has 0 amide bonds. The van der Waals surface area contributed by atoms with Gasteiger partial charge in [0.15, 0.2) is 11.5 Å². The maximum absolute atomic E-state index is 11.2. The Bertz CT molecular complexity index is 596. The van der Waals surface area contributed by atoms with E-state index < -0.39 is 4.92 Å². The standard InChI is InChI=1S/C14H13NO4/c1-18-13-8-11(10-6-4-3-5-7-10)12(15(16)17)9-14(13)19-2/h3-9H,1-2H3. The normalized spacial score (nSPS) is 10.0. The van der Waals surface area contributed by atoms with Gasteiger partial charge in [-0.3, -0.25) is 10.1 Å². The van der Waals surface area contributed by atoms with Crippen LogP contribution in [0.1, 0.15) is 0 Å². The fourth-order valence-corrected chi connectivity index (χ4v) is 1.87. The first kappa shape index (κ1) is 12.9. The lowest BCUT2D eigenvalue weighted by molar-refractivity contribution is -0.384. The van der Waals surface area contributed by atoms with Gasteiger partial charge in [0, 0.05) is 0 Å². The maximum atomic E-state index is 11.2. The average Bonchev–Trinajstić information content (AvgIpc) is 2.46. The van der Waals surface area contributed by atoms with Gasteiger partial charge in [0.1, 0.15) is 0 Å². The number of ether oxygens (including phenoxy) is 2. The molecule has 0 heterocycles. The summed E-state index contributed by atoms with van der Waals surface area (Å²) < 4.78 is 10.3. The largest absolute Gasteiger partial charge is 0.493 e. The van der Waals surface area contributed by atoms with Crippen LogP contribution in [0.3, 0.4) is 0 Å². The second-order valence-electron chi connectivity index (χ2n) is 3.85. The molecular weight excluding hydrogens is 246 g/mol. The molecule has 19 heavy (non-hydrogen) atoms. The van der Waals surface area contributed by atoms with E-state index >= 15 is 0 Å². The molecule has 0 saturated carbocycles. The Morgan fingerprint density at radius 1 is 1.00 bits per heavy atom. The summed E-state index contributed by atoms with van der Waals surface area (Å²) in [5, 5.41) is 11.2. The van der Waals surface area contributed by atoms with Crippen LogP contribution in [0.5, 0.6) is 11.5 Å². The Labute approximate surface area is 110 Å². The number of methoxy groups -OCH3 is 2. The van der Waals surface area contributed by atoms with Crippen molar-refractivity contribution < 1.29 is 14.4 Å². The molecule has 0 aliphatic rings. The van der Waals surface area contributed by atoms with Crippen LogP contribution >= 0.6 is 0 Å². The van der Waals surface area contributed by atoms with Gasteiger partial charge in [-0.1, -0.05) is 30.3 Å². The Hall–Kier alpha value is -2.56.